The number of urea groups is 3. The SMILES string of the molecule is CC(C)(C)OC(=O)CBr.CC(C)(C)OC(=O)CN1C(=O)C2Cc3c(n(Cc4ccc(F)cc4)c4ccccc34)CN2C1=O.O=C(O)CN1C(=O)C2Cc3c(n(Cc4ccc(F)cc4)c4ccccc34)CN2C1=O.O=C1NC(=O)N2Cc3c(c4ccccc4n3Cc3ccc(F)cc3)CC12. The van der Waals surface area contributed by atoms with Gasteiger partial charge in [0.15, 0.2) is 0 Å². The molecular formula is C74H71BrF3N9O12. The topological polar surface area (TPSA) is 235 Å². The van der Waals surface area contributed by atoms with E-state index in [1.165, 1.54) is 46.2 Å². The number of amides is 9. The molecule has 3 fully saturated rings. The van der Waals surface area contributed by atoms with Crippen LogP contribution in [-0.4, -0.2) is 145 Å². The molecule has 3 aromatic heterocycles. The highest BCUT2D eigenvalue weighted by molar-refractivity contribution is 9.09. The van der Waals surface area contributed by atoms with Crippen molar-refractivity contribution in [2.75, 3.05) is 18.4 Å². The van der Waals surface area contributed by atoms with Crippen LogP contribution in [0.1, 0.15) is 92.0 Å². The fourth-order valence-corrected chi connectivity index (χ4v) is 13.9. The Kier molecular flexibility index (Phi) is 18.9. The molecule has 3 atom stereocenters. The Labute approximate surface area is 575 Å². The number of carboxylic acid groups (broad SMARTS) is 1. The van der Waals surface area contributed by atoms with Crippen molar-refractivity contribution < 1.29 is 70.9 Å². The molecule has 15 rings (SSSR count). The molecule has 21 nitrogen and oxygen atoms in total. The van der Waals surface area contributed by atoms with Gasteiger partial charge in [0.2, 0.25) is 0 Å². The maximum atomic E-state index is 13.4. The van der Waals surface area contributed by atoms with Gasteiger partial charge < -0.3 is 43.0 Å². The Bertz CT molecular complexity index is 4730. The zero-order chi connectivity index (χ0) is 70.5. The Morgan fingerprint density at radius 1 is 0.475 bits per heavy atom. The Morgan fingerprint density at radius 2 is 0.808 bits per heavy atom. The molecule has 99 heavy (non-hydrogen) atoms. The number of aliphatic carboxylic acids is 1. The summed E-state index contributed by atoms with van der Waals surface area (Å²) in [6, 6.07) is 39.8. The Balaban J connectivity index is 0.000000133. The van der Waals surface area contributed by atoms with Crippen LogP contribution in [0.25, 0.3) is 32.7 Å². The van der Waals surface area contributed by atoms with E-state index >= 15 is 0 Å². The molecule has 9 amide bonds. The van der Waals surface area contributed by atoms with Gasteiger partial charge in [-0.3, -0.25) is 43.9 Å². The van der Waals surface area contributed by atoms with Crippen LogP contribution in [0.4, 0.5) is 27.6 Å². The molecule has 6 aromatic carbocycles. The van der Waals surface area contributed by atoms with E-state index in [0.29, 0.717) is 45.4 Å². The summed E-state index contributed by atoms with van der Waals surface area (Å²) in [6.45, 7) is 12.2. The summed E-state index contributed by atoms with van der Waals surface area (Å²) in [5.74, 6) is -3.99. The second kappa shape index (κ2) is 27.4. The average Bonchev–Trinajstić information content (AvgIpc) is 1.59. The number of hydrogen-bond acceptors (Lipinski definition) is 11. The summed E-state index contributed by atoms with van der Waals surface area (Å²) in [5.41, 5.74) is 10.9. The normalized spacial score (nSPS) is 17.6. The molecular weight excluding hydrogens is 1340 g/mol. The summed E-state index contributed by atoms with van der Waals surface area (Å²) in [6.07, 6.45) is 1.23. The van der Waals surface area contributed by atoms with Gasteiger partial charge in [-0.05, 0) is 130 Å². The molecule has 2 N–H and O–H groups in total. The number of benzene rings is 6. The van der Waals surface area contributed by atoms with Crippen molar-refractivity contribution >= 4 is 102 Å². The second-order valence-corrected chi connectivity index (χ2v) is 27.5. The highest BCUT2D eigenvalue weighted by Gasteiger charge is 2.51. The van der Waals surface area contributed by atoms with E-state index in [9.17, 15) is 56.3 Å². The van der Waals surface area contributed by atoms with Crippen molar-refractivity contribution in [1.29, 1.82) is 0 Å². The third-order valence-corrected chi connectivity index (χ3v) is 18.5. The summed E-state index contributed by atoms with van der Waals surface area (Å²) in [7, 11) is 0. The van der Waals surface area contributed by atoms with Crippen molar-refractivity contribution in [2.24, 2.45) is 0 Å². The lowest BCUT2D eigenvalue weighted by atomic mass is 9.97. The van der Waals surface area contributed by atoms with Crippen LogP contribution in [0.5, 0.6) is 0 Å². The molecule has 9 aromatic rings. The number of para-hydroxylation sites is 3. The van der Waals surface area contributed by atoms with Crippen LogP contribution in [-0.2, 0) is 96.8 Å². The lowest BCUT2D eigenvalue weighted by Crippen LogP contribution is -2.40. The van der Waals surface area contributed by atoms with Gasteiger partial charge in [0.25, 0.3) is 17.7 Å². The predicted octanol–water partition coefficient (Wildman–Crippen LogP) is 11.0. The molecule has 25 heteroatoms. The quantitative estimate of drug-likeness (QED) is 0.0699. The molecule has 0 aliphatic carbocycles. The third kappa shape index (κ3) is 14.1. The summed E-state index contributed by atoms with van der Waals surface area (Å²) < 4.78 is 56.6. The summed E-state index contributed by atoms with van der Waals surface area (Å²) >= 11 is 2.99. The van der Waals surface area contributed by atoms with E-state index in [0.717, 1.165) is 93.0 Å². The smallest absolute Gasteiger partial charge is 0.328 e. The maximum absolute atomic E-state index is 13.4. The first kappa shape index (κ1) is 68.4. The molecule has 0 saturated carbocycles. The van der Waals surface area contributed by atoms with E-state index in [1.807, 2.05) is 87.5 Å². The highest BCUT2D eigenvalue weighted by Crippen LogP contribution is 2.40. The molecule has 0 bridgehead atoms. The van der Waals surface area contributed by atoms with Crippen molar-refractivity contribution in [3.05, 3.63) is 214 Å². The van der Waals surface area contributed by atoms with Gasteiger partial charge in [0.05, 0.1) is 19.6 Å². The lowest BCUT2D eigenvalue weighted by Gasteiger charge is -2.28. The number of carbonyl (C=O) groups is 9. The number of alkyl halides is 1. The number of carbonyl (C=O) groups excluding carboxylic acids is 8. The van der Waals surface area contributed by atoms with Crippen molar-refractivity contribution in [3.8, 4) is 0 Å². The van der Waals surface area contributed by atoms with E-state index in [4.69, 9.17) is 14.6 Å². The number of halogens is 4. The highest BCUT2D eigenvalue weighted by atomic mass is 79.9. The lowest BCUT2D eigenvalue weighted by molar-refractivity contribution is -0.157. The largest absolute Gasteiger partial charge is 0.480 e. The van der Waals surface area contributed by atoms with E-state index in [2.05, 4.69) is 41.0 Å². The van der Waals surface area contributed by atoms with Gasteiger partial charge in [0, 0.05) is 88.7 Å². The fraction of sp³-hybridized carbons (Fsp3) is 0.311. The maximum Gasteiger partial charge on any atom is 0.328 e. The standard InChI is InChI=1S/C26H26FN3O4.C22H18FN3O4.C20H16FN3O2.C6H11BrO2/c1-26(2,3)34-23(31)15-30-24(32)21-12-19-18-6-4-5-7-20(18)28(22(19)14-29(21)25(30)33)13-16-8-10-17(27)11-9-16;23-14-7-5-13(6-8-14)10-24-17-4-2-1-3-15(17)16-9-18-21(29)26(12-20(27)28)22(30)25(18)11-19(16)24;21-13-7-5-12(6-8-13)10-23-16-4-2-1-3-14(16)15-9-17-19(25)22-20(26)24(17)11-18(15)23;1-6(2,3)9-5(8)4-7/h4-11,21H,12-15H2,1-3H3;1-8,18H,9-12H2,(H,27,28);1-8,17H,9-11H2,(H,22,25,26);4H2,1-3H3. The van der Waals surface area contributed by atoms with Gasteiger partial charge in [-0.15, -0.1) is 0 Å². The number of hydrogen-bond donors (Lipinski definition) is 2. The number of aromatic nitrogens is 3. The van der Waals surface area contributed by atoms with Crippen molar-refractivity contribution in [3.63, 3.8) is 0 Å². The first-order chi connectivity index (χ1) is 47.1. The van der Waals surface area contributed by atoms with Crippen LogP contribution in [0.2, 0.25) is 0 Å². The van der Waals surface area contributed by atoms with Gasteiger partial charge in [-0.25, -0.2) is 27.6 Å². The number of fused-ring (bicyclic) bond motifs is 12. The molecule has 512 valence electrons. The van der Waals surface area contributed by atoms with E-state index < -0.39 is 66.7 Å². The van der Waals surface area contributed by atoms with Crippen LogP contribution in [0, 0.1) is 17.5 Å². The van der Waals surface area contributed by atoms with Gasteiger partial charge in [-0.1, -0.05) is 107 Å². The van der Waals surface area contributed by atoms with Crippen LogP contribution >= 0.6 is 15.9 Å². The van der Waals surface area contributed by atoms with Crippen LogP contribution < -0.4 is 5.32 Å². The van der Waals surface area contributed by atoms with Gasteiger partial charge in [0.1, 0.15) is 65.2 Å². The second-order valence-electron chi connectivity index (χ2n) is 26.9. The predicted molar refractivity (Wildman–Crippen MR) is 362 cm³/mol. The fourth-order valence-electron chi connectivity index (χ4n) is 13.8. The minimum atomic E-state index is -1.22. The van der Waals surface area contributed by atoms with Crippen molar-refractivity contribution in [1.82, 2.24) is 43.5 Å². The number of imide groups is 3. The molecule has 6 aliphatic heterocycles. The molecule has 3 saturated heterocycles. The number of rotatable bonds is 11. The number of esters is 2. The van der Waals surface area contributed by atoms with Gasteiger partial charge in [-0.2, -0.15) is 0 Å². The van der Waals surface area contributed by atoms with Crippen molar-refractivity contribution in [2.45, 2.75) is 129 Å². The zero-order valence-corrected chi connectivity index (χ0v) is 56.7. The summed E-state index contributed by atoms with van der Waals surface area (Å²) in [5, 5.41) is 14.9. The third-order valence-electron chi connectivity index (χ3n) is 18.0. The zero-order valence-electron chi connectivity index (χ0n) is 55.1. The molecule has 0 radical (unpaired) electrons. The van der Waals surface area contributed by atoms with Crippen LogP contribution in [0.15, 0.2) is 146 Å². The molecule has 9 heterocycles. The van der Waals surface area contributed by atoms with E-state index in [-0.39, 0.29) is 65.3 Å². The first-order valence-corrected chi connectivity index (χ1v) is 33.3. The average molecular weight is 1420 g/mol. The summed E-state index contributed by atoms with van der Waals surface area (Å²) in [4.78, 5) is 116. The number of nitrogens with one attached hydrogen (secondary N) is 1. The van der Waals surface area contributed by atoms with Gasteiger partial charge >= 0.3 is 36.0 Å². The number of nitrogens with zero attached hydrogens (tertiary/aromatic N) is 8. The first-order valence-electron chi connectivity index (χ1n) is 32.2. The number of carboxylic acids is 1. The minimum Gasteiger partial charge on any atom is -0.480 e. The van der Waals surface area contributed by atoms with E-state index in [1.54, 1.807) is 62.1 Å². The molecule has 6 aliphatic rings. The number of ether oxygens (including phenoxy) is 2. The monoisotopic (exact) mass is 1410 g/mol. The molecule has 0 spiro atoms. The minimum absolute atomic E-state index is 0.219. The molecule has 3 unspecified atom stereocenters. The van der Waals surface area contributed by atoms with Crippen LogP contribution in [0.3, 0.4) is 0 Å². The Morgan fingerprint density at radius 3 is 1.15 bits per heavy atom. The Hall–Kier alpha value is -10.6.